The molecule has 0 aliphatic heterocycles. The molecular formula is C14H12ClNOS. The van der Waals surface area contributed by atoms with Crippen molar-refractivity contribution in [3.8, 4) is 0 Å². The van der Waals surface area contributed by atoms with Crippen molar-refractivity contribution in [2.24, 2.45) is 0 Å². The molecule has 0 aliphatic carbocycles. The minimum absolute atomic E-state index is 0.186. The van der Waals surface area contributed by atoms with Crippen LogP contribution in [0.15, 0.2) is 42.5 Å². The second kappa shape index (κ2) is 5.85. The van der Waals surface area contributed by atoms with Gasteiger partial charge in [-0.2, -0.15) is 0 Å². The van der Waals surface area contributed by atoms with Crippen LogP contribution in [-0.4, -0.2) is 5.91 Å². The monoisotopic (exact) mass is 277 g/mol. The number of carbonyl (C=O) groups excluding carboxylic acids is 1. The van der Waals surface area contributed by atoms with Crippen LogP contribution in [0.3, 0.4) is 0 Å². The minimum Gasteiger partial charge on any atom is -0.321 e. The molecule has 1 heterocycles. The number of amides is 1. The highest BCUT2D eigenvalue weighted by Crippen LogP contribution is 2.20. The van der Waals surface area contributed by atoms with Gasteiger partial charge in [0.1, 0.15) is 0 Å². The maximum atomic E-state index is 11.7. The molecule has 0 bridgehead atoms. The summed E-state index contributed by atoms with van der Waals surface area (Å²) in [5, 5.41) is 3.27. The molecule has 0 fully saturated rings. The highest BCUT2D eigenvalue weighted by molar-refractivity contribution is 7.12. The van der Waals surface area contributed by atoms with Gasteiger partial charge in [0.25, 0.3) is 0 Å². The Hall–Kier alpha value is -1.58. The zero-order valence-corrected chi connectivity index (χ0v) is 11.4. The first-order valence-electron chi connectivity index (χ1n) is 5.45. The number of benzene rings is 1. The number of hydrogen-bond donors (Lipinski definition) is 1. The number of rotatable bonds is 3. The first-order chi connectivity index (χ1) is 8.65. The Morgan fingerprint density at radius 1 is 1.28 bits per heavy atom. The van der Waals surface area contributed by atoms with Crippen LogP contribution >= 0.6 is 22.9 Å². The van der Waals surface area contributed by atoms with Gasteiger partial charge >= 0.3 is 0 Å². The molecule has 0 unspecified atom stereocenters. The SMILES string of the molecule is Cc1ccc(/C=C/C(=O)Nc2ccccc2Cl)s1. The van der Waals surface area contributed by atoms with E-state index in [0.717, 1.165) is 4.88 Å². The smallest absolute Gasteiger partial charge is 0.248 e. The van der Waals surface area contributed by atoms with Gasteiger partial charge in [-0.1, -0.05) is 23.7 Å². The fourth-order valence-electron chi connectivity index (χ4n) is 1.44. The molecule has 0 saturated heterocycles. The standard InChI is InChI=1S/C14H12ClNOS/c1-10-6-7-11(18-10)8-9-14(17)16-13-5-3-2-4-12(13)15/h2-9H,1H3,(H,16,17)/b9-8+. The summed E-state index contributed by atoms with van der Waals surface area (Å²) < 4.78 is 0. The van der Waals surface area contributed by atoms with E-state index >= 15 is 0 Å². The van der Waals surface area contributed by atoms with Crippen molar-refractivity contribution in [2.45, 2.75) is 6.92 Å². The van der Waals surface area contributed by atoms with E-state index in [1.807, 2.05) is 31.2 Å². The van der Waals surface area contributed by atoms with Crippen LogP contribution in [0.2, 0.25) is 5.02 Å². The fraction of sp³-hybridized carbons (Fsp3) is 0.0714. The van der Waals surface area contributed by atoms with Gasteiger partial charge in [0, 0.05) is 15.8 Å². The predicted molar refractivity (Wildman–Crippen MR) is 78.2 cm³/mol. The molecule has 2 aromatic rings. The van der Waals surface area contributed by atoms with Gasteiger partial charge in [-0.05, 0) is 37.3 Å². The first kappa shape index (κ1) is 12.9. The van der Waals surface area contributed by atoms with E-state index in [9.17, 15) is 4.79 Å². The maximum Gasteiger partial charge on any atom is 0.248 e. The van der Waals surface area contributed by atoms with Crippen molar-refractivity contribution in [3.05, 3.63) is 57.3 Å². The predicted octanol–water partition coefficient (Wildman–Crippen LogP) is 4.36. The average Bonchev–Trinajstić information content (AvgIpc) is 2.76. The van der Waals surface area contributed by atoms with Gasteiger partial charge in [0.2, 0.25) is 5.91 Å². The summed E-state index contributed by atoms with van der Waals surface area (Å²) >= 11 is 7.60. The lowest BCUT2D eigenvalue weighted by molar-refractivity contribution is -0.111. The van der Waals surface area contributed by atoms with E-state index in [0.29, 0.717) is 10.7 Å². The summed E-state index contributed by atoms with van der Waals surface area (Å²) in [7, 11) is 0. The van der Waals surface area contributed by atoms with E-state index in [-0.39, 0.29) is 5.91 Å². The molecule has 0 aliphatic rings. The van der Waals surface area contributed by atoms with Crippen molar-refractivity contribution in [2.75, 3.05) is 5.32 Å². The van der Waals surface area contributed by atoms with Crippen LogP contribution in [0.5, 0.6) is 0 Å². The summed E-state index contributed by atoms with van der Waals surface area (Å²) in [5.41, 5.74) is 0.621. The molecule has 92 valence electrons. The Morgan fingerprint density at radius 2 is 2.06 bits per heavy atom. The molecular weight excluding hydrogens is 266 g/mol. The molecule has 0 atom stereocenters. The quantitative estimate of drug-likeness (QED) is 0.830. The lowest BCUT2D eigenvalue weighted by Gasteiger charge is -2.03. The first-order valence-corrected chi connectivity index (χ1v) is 6.64. The summed E-state index contributed by atoms with van der Waals surface area (Å²) in [6.07, 6.45) is 3.30. The zero-order valence-electron chi connectivity index (χ0n) is 9.81. The van der Waals surface area contributed by atoms with Gasteiger partial charge in [-0.3, -0.25) is 4.79 Å². The van der Waals surface area contributed by atoms with Gasteiger partial charge in [0.15, 0.2) is 0 Å². The molecule has 2 nitrogen and oxygen atoms in total. The van der Waals surface area contributed by atoms with E-state index in [4.69, 9.17) is 11.6 Å². The second-order valence-corrected chi connectivity index (χ2v) is 5.48. The van der Waals surface area contributed by atoms with Gasteiger partial charge in [0.05, 0.1) is 10.7 Å². The summed E-state index contributed by atoms with van der Waals surface area (Å²) in [5.74, 6) is -0.186. The van der Waals surface area contributed by atoms with Crippen molar-refractivity contribution < 1.29 is 4.79 Å². The Labute approximate surface area is 115 Å². The number of aryl methyl sites for hydroxylation is 1. The lowest BCUT2D eigenvalue weighted by Crippen LogP contribution is -2.07. The minimum atomic E-state index is -0.186. The number of halogens is 1. The molecule has 1 aromatic heterocycles. The molecule has 1 N–H and O–H groups in total. The molecule has 0 spiro atoms. The topological polar surface area (TPSA) is 29.1 Å². The molecule has 0 saturated carbocycles. The van der Waals surface area contributed by atoms with E-state index in [1.165, 1.54) is 11.0 Å². The maximum absolute atomic E-state index is 11.7. The molecule has 18 heavy (non-hydrogen) atoms. The third-order valence-electron chi connectivity index (χ3n) is 2.29. The molecule has 1 amide bonds. The molecule has 4 heteroatoms. The average molecular weight is 278 g/mol. The van der Waals surface area contributed by atoms with E-state index < -0.39 is 0 Å². The van der Waals surface area contributed by atoms with E-state index in [1.54, 1.807) is 29.5 Å². The van der Waals surface area contributed by atoms with Crippen LogP contribution in [-0.2, 0) is 4.79 Å². The van der Waals surface area contributed by atoms with Crippen molar-refractivity contribution in [1.29, 1.82) is 0 Å². The molecule has 2 rings (SSSR count). The third kappa shape index (κ3) is 3.45. The van der Waals surface area contributed by atoms with Crippen molar-refractivity contribution >= 4 is 40.6 Å². The largest absolute Gasteiger partial charge is 0.321 e. The third-order valence-corrected chi connectivity index (χ3v) is 3.59. The number of nitrogens with one attached hydrogen (secondary N) is 1. The number of carbonyl (C=O) groups is 1. The Bertz CT molecular complexity index is 589. The summed E-state index contributed by atoms with van der Waals surface area (Å²) in [6.45, 7) is 2.03. The summed E-state index contributed by atoms with van der Waals surface area (Å²) in [4.78, 5) is 14.0. The Balaban J connectivity index is 2.01. The number of thiophene rings is 1. The lowest BCUT2D eigenvalue weighted by atomic mass is 10.3. The summed E-state index contributed by atoms with van der Waals surface area (Å²) in [6, 6.07) is 11.2. The van der Waals surface area contributed by atoms with Crippen LogP contribution in [0.4, 0.5) is 5.69 Å². The van der Waals surface area contributed by atoms with Gasteiger partial charge < -0.3 is 5.32 Å². The van der Waals surface area contributed by atoms with Gasteiger partial charge in [-0.15, -0.1) is 11.3 Å². The molecule has 0 radical (unpaired) electrons. The zero-order chi connectivity index (χ0) is 13.0. The Kier molecular flexibility index (Phi) is 4.18. The van der Waals surface area contributed by atoms with Crippen LogP contribution < -0.4 is 5.32 Å². The normalized spacial score (nSPS) is 10.8. The van der Waals surface area contributed by atoms with E-state index in [2.05, 4.69) is 5.32 Å². The van der Waals surface area contributed by atoms with Gasteiger partial charge in [-0.25, -0.2) is 0 Å². The van der Waals surface area contributed by atoms with Crippen molar-refractivity contribution in [1.82, 2.24) is 0 Å². The Morgan fingerprint density at radius 3 is 2.72 bits per heavy atom. The highest BCUT2D eigenvalue weighted by atomic mass is 35.5. The second-order valence-electron chi connectivity index (χ2n) is 3.75. The highest BCUT2D eigenvalue weighted by Gasteiger charge is 2.01. The van der Waals surface area contributed by atoms with Crippen LogP contribution in [0.1, 0.15) is 9.75 Å². The fourth-order valence-corrected chi connectivity index (χ4v) is 2.40. The van der Waals surface area contributed by atoms with Crippen LogP contribution in [0, 0.1) is 6.92 Å². The molecule has 1 aromatic carbocycles. The number of anilines is 1. The number of para-hydroxylation sites is 1. The number of hydrogen-bond acceptors (Lipinski definition) is 2. The van der Waals surface area contributed by atoms with Crippen molar-refractivity contribution in [3.63, 3.8) is 0 Å². The van der Waals surface area contributed by atoms with Crippen LogP contribution in [0.25, 0.3) is 6.08 Å².